The highest BCUT2D eigenvalue weighted by molar-refractivity contribution is 7.72. The van der Waals surface area contributed by atoms with Gasteiger partial charge in [-0.15, -0.1) is 0 Å². The summed E-state index contributed by atoms with van der Waals surface area (Å²) in [4.78, 5) is 0. The number of benzene rings is 1. The third kappa shape index (κ3) is 5.69. The molecule has 0 bridgehead atoms. The van der Waals surface area contributed by atoms with Crippen molar-refractivity contribution < 1.29 is 27.2 Å². The van der Waals surface area contributed by atoms with Gasteiger partial charge in [-0.2, -0.15) is 0 Å². The molecular formula is C15H27NO6P2. The Labute approximate surface area is 144 Å². The lowest BCUT2D eigenvalue weighted by Crippen LogP contribution is -2.25. The summed E-state index contributed by atoms with van der Waals surface area (Å²) in [5.41, 5.74) is -0.644. The Bertz CT molecular complexity index is 518. The molecule has 0 atom stereocenters. The van der Waals surface area contributed by atoms with Gasteiger partial charge < -0.3 is 23.4 Å². The van der Waals surface area contributed by atoms with Crippen molar-refractivity contribution in [2.24, 2.45) is 0 Å². The summed E-state index contributed by atoms with van der Waals surface area (Å²) in [7, 11) is -7.60. The zero-order chi connectivity index (χ0) is 18.1. The number of hydrogen-bond acceptors (Lipinski definition) is 7. The fourth-order valence-corrected chi connectivity index (χ4v) is 7.04. The summed E-state index contributed by atoms with van der Waals surface area (Å²) in [6.45, 7) is 7.33. The van der Waals surface area contributed by atoms with E-state index in [1.807, 2.05) is 6.07 Å². The zero-order valence-corrected chi connectivity index (χ0v) is 16.4. The fraction of sp³-hybridized carbons (Fsp3) is 0.600. The molecule has 1 aromatic carbocycles. The molecule has 0 spiro atoms. The molecule has 24 heavy (non-hydrogen) atoms. The molecular weight excluding hydrogens is 352 g/mol. The van der Waals surface area contributed by atoms with Gasteiger partial charge in [-0.05, 0) is 39.8 Å². The summed E-state index contributed by atoms with van der Waals surface area (Å²) >= 11 is 0. The van der Waals surface area contributed by atoms with Crippen LogP contribution in [-0.2, 0) is 27.2 Å². The molecule has 0 heterocycles. The van der Waals surface area contributed by atoms with E-state index >= 15 is 0 Å². The second-order valence-corrected chi connectivity index (χ2v) is 9.27. The first-order valence-corrected chi connectivity index (χ1v) is 11.3. The first-order valence-electron chi connectivity index (χ1n) is 8.04. The minimum absolute atomic E-state index is 0.141. The van der Waals surface area contributed by atoms with Crippen LogP contribution >= 0.6 is 15.2 Å². The van der Waals surface area contributed by atoms with Gasteiger partial charge >= 0.3 is 15.2 Å². The molecule has 7 nitrogen and oxygen atoms in total. The molecule has 0 aliphatic carbocycles. The predicted octanol–water partition coefficient (Wildman–Crippen LogP) is 4.91. The maximum absolute atomic E-state index is 13.3. The lowest BCUT2D eigenvalue weighted by atomic mass is 10.3. The van der Waals surface area contributed by atoms with E-state index in [9.17, 15) is 9.13 Å². The van der Waals surface area contributed by atoms with Crippen LogP contribution in [0.5, 0.6) is 0 Å². The molecule has 1 rings (SSSR count). The van der Waals surface area contributed by atoms with Crippen LogP contribution in [0.3, 0.4) is 0 Å². The molecule has 0 saturated heterocycles. The van der Waals surface area contributed by atoms with Crippen LogP contribution in [0.25, 0.3) is 0 Å². The summed E-state index contributed by atoms with van der Waals surface area (Å²) in [6.07, 6.45) is 0. The zero-order valence-electron chi connectivity index (χ0n) is 14.6. The van der Waals surface area contributed by atoms with E-state index in [1.165, 1.54) is 0 Å². The molecule has 138 valence electrons. The highest BCUT2D eigenvalue weighted by Gasteiger charge is 2.51. The number of nitrogens with one attached hydrogen (secondary N) is 1. The van der Waals surface area contributed by atoms with Gasteiger partial charge in [-0.25, -0.2) is 0 Å². The Morgan fingerprint density at radius 2 is 1.17 bits per heavy atom. The SMILES string of the molecule is CCOP(=O)(OCC)C(Nc1ccccc1)P(=O)(OCC)OCC. The predicted molar refractivity (Wildman–Crippen MR) is 95.6 cm³/mol. The van der Waals surface area contributed by atoms with Crippen molar-refractivity contribution >= 4 is 20.9 Å². The van der Waals surface area contributed by atoms with Gasteiger partial charge in [-0.1, -0.05) is 18.2 Å². The molecule has 0 amide bonds. The molecule has 0 unspecified atom stereocenters. The maximum Gasteiger partial charge on any atom is 0.365 e. The Hall–Kier alpha value is -0.680. The molecule has 0 aliphatic heterocycles. The van der Waals surface area contributed by atoms with E-state index in [0.717, 1.165) is 0 Å². The van der Waals surface area contributed by atoms with Gasteiger partial charge in [-0.3, -0.25) is 9.13 Å². The minimum atomic E-state index is -3.80. The van der Waals surface area contributed by atoms with Gasteiger partial charge in [0.1, 0.15) is 0 Å². The van der Waals surface area contributed by atoms with Crippen LogP contribution in [0.1, 0.15) is 27.7 Å². The molecule has 0 radical (unpaired) electrons. The summed E-state index contributed by atoms with van der Waals surface area (Å²) in [6, 6.07) is 8.97. The van der Waals surface area contributed by atoms with E-state index in [0.29, 0.717) is 5.69 Å². The largest absolute Gasteiger partial charge is 0.365 e. The highest BCUT2D eigenvalue weighted by atomic mass is 31.2. The Morgan fingerprint density at radius 3 is 1.50 bits per heavy atom. The quantitative estimate of drug-likeness (QED) is 0.516. The van der Waals surface area contributed by atoms with Crippen LogP contribution < -0.4 is 5.32 Å². The molecule has 1 aromatic rings. The molecule has 0 aliphatic rings. The average molecular weight is 379 g/mol. The van der Waals surface area contributed by atoms with Gasteiger partial charge in [0.15, 0.2) is 0 Å². The second-order valence-electron chi connectivity index (χ2n) is 4.63. The molecule has 0 fully saturated rings. The summed E-state index contributed by atoms with van der Waals surface area (Å²) in [5.74, 6) is 0. The summed E-state index contributed by atoms with van der Waals surface area (Å²) in [5, 5.41) is 2.97. The molecule has 0 aromatic heterocycles. The molecule has 9 heteroatoms. The van der Waals surface area contributed by atoms with E-state index in [-0.39, 0.29) is 26.4 Å². The van der Waals surface area contributed by atoms with E-state index < -0.39 is 20.7 Å². The van der Waals surface area contributed by atoms with Gasteiger partial charge in [0.25, 0.3) is 0 Å². The van der Waals surface area contributed by atoms with Gasteiger partial charge in [0, 0.05) is 5.69 Å². The maximum atomic E-state index is 13.3. The van der Waals surface area contributed by atoms with E-state index in [4.69, 9.17) is 18.1 Å². The van der Waals surface area contributed by atoms with Crippen LogP contribution in [0.15, 0.2) is 30.3 Å². The standard InChI is InChI=1S/C15H27NO6P2/c1-5-19-23(17,20-6-2)15(16-14-12-10-9-11-13-14)24(18,21-7-3)22-8-4/h9-13,15-16H,5-8H2,1-4H3. The van der Waals surface area contributed by atoms with Crippen LogP contribution in [0.2, 0.25) is 0 Å². The van der Waals surface area contributed by atoms with Crippen molar-refractivity contribution in [3.63, 3.8) is 0 Å². The normalized spacial score (nSPS) is 12.5. The van der Waals surface area contributed by atoms with Crippen molar-refractivity contribution in [2.45, 2.75) is 33.2 Å². The number of rotatable bonds is 12. The van der Waals surface area contributed by atoms with Crippen LogP contribution in [-0.4, -0.2) is 32.0 Å². The van der Waals surface area contributed by atoms with Crippen molar-refractivity contribution in [1.29, 1.82) is 0 Å². The Balaban J connectivity index is 3.32. The van der Waals surface area contributed by atoms with Crippen molar-refractivity contribution in [3.8, 4) is 0 Å². The van der Waals surface area contributed by atoms with E-state index in [1.54, 1.807) is 52.0 Å². The minimum Gasteiger partial charge on any atom is -0.362 e. The first kappa shape index (κ1) is 21.4. The summed E-state index contributed by atoms with van der Waals surface area (Å²) < 4.78 is 48.1. The molecule has 1 N–H and O–H groups in total. The van der Waals surface area contributed by atoms with Crippen molar-refractivity contribution in [3.05, 3.63) is 30.3 Å². The highest BCUT2D eigenvalue weighted by Crippen LogP contribution is 2.70. The lowest BCUT2D eigenvalue weighted by Gasteiger charge is -2.32. The number of anilines is 1. The monoisotopic (exact) mass is 379 g/mol. The Kier molecular flexibility index (Phi) is 9.21. The number of para-hydroxylation sites is 1. The van der Waals surface area contributed by atoms with Crippen molar-refractivity contribution in [1.82, 2.24) is 0 Å². The van der Waals surface area contributed by atoms with Gasteiger partial charge in [0.05, 0.1) is 26.4 Å². The third-order valence-electron chi connectivity index (χ3n) is 2.90. The third-order valence-corrected chi connectivity index (χ3v) is 8.53. The number of hydrogen-bond donors (Lipinski definition) is 1. The topological polar surface area (TPSA) is 83.1 Å². The van der Waals surface area contributed by atoms with E-state index in [2.05, 4.69) is 5.32 Å². The van der Waals surface area contributed by atoms with Crippen LogP contribution in [0.4, 0.5) is 5.69 Å². The average Bonchev–Trinajstić information content (AvgIpc) is 2.54. The van der Waals surface area contributed by atoms with Crippen LogP contribution in [0, 0.1) is 0 Å². The lowest BCUT2D eigenvalue weighted by molar-refractivity contribution is 0.198. The smallest absolute Gasteiger partial charge is 0.362 e. The Morgan fingerprint density at radius 1 is 0.792 bits per heavy atom. The molecule has 0 saturated carbocycles. The fourth-order valence-electron chi connectivity index (χ4n) is 2.09. The van der Waals surface area contributed by atoms with Crippen molar-refractivity contribution in [2.75, 3.05) is 31.7 Å². The second kappa shape index (κ2) is 10.3. The first-order chi connectivity index (χ1) is 11.5. The van der Waals surface area contributed by atoms with Gasteiger partial charge in [0.2, 0.25) is 5.52 Å².